The van der Waals surface area contributed by atoms with Gasteiger partial charge >= 0.3 is 6.18 Å². The van der Waals surface area contributed by atoms with Crippen LogP contribution in [0, 0.1) is 5.41 Å². The molecule has 0 aliphatic carbocycles. The largest absolute Gasteiger partial charge is 0.417 e. The second-order valence-electron chi connectivity index (χ2n) is 5.91. The molecule has 0 amide bonds. The SMILES string of the molecule is CNC(CCC(C)(C)C)c1ccc(C(F)(F)F)cn1. The quantitative estimate of drug-likeness (QED) is 0.890. The first-order chi connectivity index (χ1) is 8.63. The molecule has 19 heavy (non-hydrogen) atoms. The highest BCUT2D eigenvalue weighted by Crippen LogP contribution is 2.30. The zero-order valence-electron chi connectivity index (χ0n) is 11.8. The standard InChI is InChI=1S/C14H21F3N2/c1-13(2,3)8-7-11(18-4)12-6-5-10(9-19-12)14(15,16)17/h5-6,9,11,18H,7-8H2,1-4H3. The van der Waals surface area contributed by atoms with Gasteiger partial charge in [-0.15, -0.1) is 0 Å². The average molecular weight is 274 g/mol. The molecule has 5 heteroatoms. The van der Waals surface area contributed by atoms with E-state index in [4.69, 9.17) is 0 Å². The number of hydrogen-bond donors (Lipinski definition) is 1. The van der Waals surface area contributed by atoms with Gasteiger partial charge in [0.15, 0.2) is 0 Å². The molecule has 0 fully saturated rings. The summed E-state index contributed by atoms with van der Waals surface area (Å²) >= 11 is 0. The third-order valence-corrected chi connectivity index (χ3v) is 3.00. The van der Waals surface area contributed by atoms with Gasteiger partial charge < -0.3 is 5.32 Å². The summed E-state index contributed by atoms with van der Waals surface area (Å²) in [5.74, 6) is 0. The van der Waals surface area contributed by atoms with Crippen LogP contribution in [0.2, 0.25) is 0 Å². The van der Waals surface area contributed by atoms with Crippen molar-refractivity contribution < 1.29 is 13.2 Å². The van der Waals surface area contributed by atoms with Gasteiger partial charge in [-0.05, 0) is 37.4 Å². The predicted molar refractivity (Wildman–Crippen MR) is 69.7 cm³/mol. The van der Waals surface area contributed by atoms with Crippen LogP contribution in [0.15, 0.2) is 18.3 Å². The fourth-order valence-corrected chi connectivity index (χ4v) is 1.80. The molecule has 1 rings (SSSR count). The Morgan fingerprint density at radius 2 is 1.84 bits per heavy atom. The van der Waals surface area contributed by atoms with Crippen LogP contribution in [0.25, 0.3) is 0 Å². The fourth-order valence-electron chi connectivity index (χ4n) is 1.80. The van der Waals surface area contributed by atoms with Crippen molar-refractivity contribution in [1.29, 1.82) is 0 Å². The Morgan fingerprint density at radius 3 is 2.21 bits per heavy atom. The summed E-state index contributed by atoms with van der Waals surface area (Å²) in [5.41, 5.74) is 0.141. The van der Waals surface area contributed by atoms with E-state index in [0.717, 1.165) is 25.1 Å². The van der Waals surface area contributed by atoms with Crippen LogP contribution >= 0.6 is 0 Å². The lowest BCUT2D eigenvalue weighted by Crippen LogP contribution is -2.20. The number of halogens is 3. The molecule has 0 radical (unpaired) electrons. The van der Waals surface area contributed by atoms with Gasteiger partial charge in [0.1, 0.15) is 0 Å². The molecule has 0 spiro atoms. The molecular formula is C14H21F3N2. The van der Waals surface area contributed by atoms with E-state index in [2.05, 4.69) is 31.1 Å². The summed E-state index contributed by atoms with van der Waals surface area (Å²) in [6.07, 6.45) is -1.61. The summed E-state index contributed by atoms with van der Waals surface area (Å²) in [6, 6.07) is 2.53. The van der Waals surface area contributed by atoms with E-state index >= 15 is 0 Å². The Bertz CT molecular complexity index is 391. The minimum atomic E-state index is -4.33. The smallest absolute Gasteiger partial charge is 0.312 e. The number of hydrogen-bond acceptors (Lipinski definition) is 2. The Labute approximate surface area is 112 Å². The maximum atomic E-state index is 12.5. The topological polar surface area (TPSA) is 24.9 Å². The van der Waals surface area contributed by atoms with Crippen molar-refractivity contribution >= 4 is 0 Å². The van der Waals surface area contributed by atoms with Crippen LogP contribution < -0.4 is 5.32 Å². The number of nitrogens with zero attached hydrogens (tertiary/aromatic N) is 1. The van der Waals surface area contributed by atoms with E-state index in [-0.39, 0.29) is 11.5 Å². The highest BCUT2D eigenvalue weighted by molar-refractivity contribution is 5.18. The Hall–Kier alpha value is -1.10. The molecule has 0 bridgehead atoms. The van der Waals surface area contributed by atoms with Gasteiger partial charge in [0.05, 0.1) is 11.3 Å². The van der Waals surface area contributed by atoms with Crippen molar-refractivity contribution in [1.82, 2.24) is 10.3 Å². The van der Waals surface area contributed by atoms with Crippen LogP contribution in [0.4, 0.5) is 13.2 Å². The van der Waals surface area contributed by atoms with E-state index < -0.39 is 11.7 Å². The molecule has 0 saturated carbocycles. The molecule has 0 aromatic carbocycles. The van der Waals surface area contributed by atoms with E-state index in [0.29, 0.717) is 5.69 Å². The van der Waals surface area contributed by atoms with E-state index in [1.807, 2.05) is 0 Å². The molecule has 2 nitrogen and oxygen atoms in total. The van der Waals surface area contributed by atoms with Crippen LogP contribution in [0.5, 0.6) is 0 Å². The lowest BCUT2D eigenvalue weighted by Gasteiger charge is -2.22. The van der Waals surface area contributed by atoms with Crippen LogP contribution in [0.3, 0.4) is 0 Å². The molecule has 0 aliphatic rings. The van der Waals surface area contributed by atoms with Gasteiger partial charge in [-0.3, -0.25) is 4.98 Å². The third kappa shape index (κ3) is 5.19. The number of rotatable bonds is 4. The van der Waals surface area contributed by atoms with Crippen LogP contribution in [0.1, 0.15) is 50.9 Å². The summed E-state index contributed by atoms with van der Waals surface area (Å²) in [7, 11) is 1.80. The summed E-state index contributed by atoms with van der Waals surface area (Å²) in [5, 5.41) is 3.11. The first kappa shape index (κ1) is 16.0. The van der Waals surface area contributed by atoms with Gasteiger partial charge in [-0.2, -0.15) is 13.2 Å². The van der Waals surface area contributed by atoms with Crippen molar-refractivity contribution in [3.63, 3.8) is 0 Å². The van der Waals surface area contributed by atoms with Gasteiger partial charge in [-0.25, -0.2) is 0 Å². The Balaban J connectivity index is 2.77. The number of aromatic nitrogens is 1. The first-order valence-electron chi connectivity index (χ1n) is 6.34. The fraction of sp³-hybridized carbons (Fsp3) is 0.643. The van der Waals surface area contributed by atoms with E-state index in [9.17, 15) is 13.2 Å². The van der Waals surface area contributed by atoms with Crippen molar-refractivity contribution in [2.24, 2.45) is 5.41 Å². The van der Waals surface area contributed by atoms with Crippen LogP contribution in [-0.2, 0) is 6.18 Å². The lowest BCUT2D eigenvalue weighted by molar-refractivity contribution is -0.137. The van der Waals surface area contributed by atoms with E-state index in [1.54, 1.807) is 7.05 Å². The molecule has 0 saturated heterocycles. The Kier molecular flexibility index (Phi) is 4.96. The monoisotopic (exact) mass is 274 g/mol. The van der Waals surface area contributed by atoms with Crippen molar-refractivity contribution in [2.75, 3.05) is 7.05 Å². The van der Waals surface area contributed by atoms with Crippen molar-refractivity contribution in [3.8, 4) is 0 Å². The highest BCUT2D eigenvalue weighted by Gasteiger charge is 2.31. The average Bonchev–Trinajstić information content (AvgIpc) is 2.28. The maximum Gasteiger partial charge on any atom is 0.417 e. The molecular weight excluding hydrogens is 253 g/mol. The van der Waals surface area contributed by atoms with Gasteiger partial charge in [0.25, 0.3) is 0 Å². The maximum absolute atomic E-state index is 12.5. The molecule has 1 heterocycles. The second-order valence-corrected chi connectivity index (χ2v) is 5.91. The van der Waals surface area contributed by atoms with Crippen molar-refractivity contribution in [2.45, 2.75) is 45.8 Å². The minimum Gasteiger partial charge on any atom is -0.312 e. The minimum absolute atomic E-state index is 0.0125. The first-order valence-corrected chi connectivity index (χ1v) is 6.34. The summed E-state index contributed by atoms with van der Waals surface area (Å²) in [4.78, 5) is 3.93. The number of nitrogens with one attached hydrogen (secondary N) is 1. The molecule has 1 aromatic heterocycles. The molecule has 1 N–H and O–H groups in total. The van der Waals surface area contributed by atoms with Crippen LogP contribution in [-0.4, -0.2) is 12.0 Å². The zero-order valence-corrected chi connectivity index (χ0v) is 11.8. The molecule has 1 aromatic rings. The zero-order chi connectivity index (χ0) is 14.7. The number of pyridine rings is 1. The molecule has 108 valence electrons. The summed E-state index contributed by atoms with van der Waals surface area (Å²) in [6.45, 7) is 6.42. The number of alkyl halides is 3. The van der Waals surface area contributed by atoms with Gasteiger partial charge in [0, 0.05) is 12.2 Å². The highest BCUT2D eigenvalue weighted by atomic mass is 19.4. The van der Waals surface area contributed by atoms with Gasteiger partial charge in [0.2, 0.25) is 0 Å². The normalized spacial score (nSPS) is 14.5. The molecule has 0 aliphatic heterocycles. The molecule has 1 unspecified atom stereocenters. The third-order valence-electron chi connectivity index (χ3n) is 3.00. The molecule has 1 atom stereocenters. The second kappa shape index (κ2) is 5.90. The van der Waals surface area contributed by atoms with Gasteiger partial charge in [-0.1, -0.05) is 20.8 Å². The lowest BCUT2D eigenvalue weighted by atomic mass is 9.88. The predicted octanol–water partition coefficient (Wildman–Crippen LogP) is 4.19. The Morgan fingerprint density at radius 1 is 1.21 bits per heavy atom. The summed E-state index contributed by atoms with van der Waals surface area (Å²) < 4.78 is 37.4. The van der Waals surface area contributed by atoms with Crippen molar-refractivity contribution in [3.05, 3.63) is 29.6 Å². The van der Waals surface area contributed by atoms with E-state index in [1.165, 1.54) is 6.07 Å².